The summed E-state index contributed by atoms with van der Waals surface area (Å²) in [6.07, 6.45) is 1.38. The van der Waals surface area contributed by atoms with Gasteiger partial charge in [0.05, 0.1) is 18.3 Å². The molecule has 0 aromatic carbocycles. The topological polar surface area (TPSA) is 81.5 Å². The van der Waals surface area contributed by atoms with Crippen LogP contribution >= 0.6 is 34.5 Å². The van der Waals surface area contributed by atoms with Gasteiger partial charge in [-0.05, 0) is 20.2 Å². The Labute approximate surface area is 158 Å². The summed E-state index contributed by atoms with van der Waals surface area (Å²) in [4.78, 5) is 8.08. The Morgan fingerprint density at radius 1 is 1.40 bits per heavy atom. The number of thiazole rings is 1. The lowest BCUT2D eigenvalue weighted by molar-refractivity contribution is 0.112. The number of likely N-dealkylation sites (N-methyl/N-ethyl adjacent to an activating group) is 1. The van der Waals surface area contributed by atoms with Crippen molar-refractivity contribution in [3.8, 4) is 0 Å². The molecule has 25 heavy (non-hydrogen) atoms. The van der Waals surface area contributed by atoms with E-state index in [-0.39, 0.29) is 8.42 Å². The third kappa shape index (κ3) is 2.56. The van der Waals surface area contributed by atoms with Gasteiger partial charge in [0.1, 0.15) is 13.4 Å². The number of thiophene rings is 1. The number of hydrogen-bond acceptors (Lipinski definition) is 10. The standard InChI is InChI=1S/C13H15ClN6O2S3/c1-18(2)3-4-19-7-13(16-17-20(13)14)9-5-10(24-12(9)19)25(21,22)11-6-15-8-23-11/h5-6,8H,3-4,7H2,1-2H3. The normalized spacial score (nSPS) is 22.1. The minimum atomic E-state index is -3.58. The average Bonchev–Trinajstić information content (AvgIpc) is 3.27. The number of aromatic nitrogens is 1. The highest BCUT2D eigenvalue weighted by atomic mass is 35.5. The molecule has 4 rings (SSSR count). The summed E-state index contributed by atoms with van der Waals surface area (Å²) >= 11 is 8.54. The van der Waals surface area contributed by atoms with Crippen LogP contribution in [0.5, 0.6) is 0 Å². The van der Waals surface area contributed by atoms with Gasteiger partial charge in [-0.3, -0.25) is 4.98 Å². The fourth-order valence-electron chi connectivity index (χ4n) is 2.80. The van der Waals surface area contributed by atoms with Crippen LogP contribution in [0, 0.1) is 0 Å². The van der Waals surface area contributed by atoms with Crippen LogP contribution in [0.4, 0.5) is 5.00 Å². The van der Waals surface area contributed by atoms with Gasteiger partial charge in [0.25, 0.3) is 0 Å². The van der Waals surface area contributed by atoms with Crippen LogP contribution in [0.15, 0.2) is 36.5 Å². The van der Waals surface area contributed by atoms with Crippen LogP contribution < -0.4 is 4.90 Å². The zero-order chi connectivity index (χ0) is 17.8. The van der Waals surface area contributed by atoms with Crippen LogP contribution in [0.1, 0.15) is 5.56 Å². The van der Waals surface area contributed by atoms with Crippen LogP contribution in [-0.4, -0.2) is 56.6 Å². The van der Waals surface area contributed by atoms with Gasteiger partial charge in [0.15, 0.2) is 0 Å². The molecule has 0 N–H and O–H groups in total. The molecule has 1 unspecified atom stereocenters. The second-order valence-corrected chi connectivity index (χ2v) is 10.7. The lowest BCUT2D eigenvalue weighted by atomic mass is 10.1. The van der Waals surface area contributed by atoms with E-state index in [0.717, 1.165) is 35.0 Å². The van der Waals surface area contributed by atoms with Crippen molar-refractivity contribution in [1.29, 1.82) is 0 Å². The molecule has 0 bridgehead atoms. The summed E-state index contributed by atoms with van der Waals surface area (Å²) in [7, 11) is 0.419. The van der Waals surface area contributed by atoms with Crippen LogP contribution in [0.2, 0.25) is 0 Å². The highest BCUT2D eigenvalue weighted by molar-refractivity contribution is 7.95. The highest BCUT2D eigenvalue weighted by Crippen LogP contribution is 2.54. The van der Waals surface area contributed by atoms with Gasteiger partial charge in [0, 0.05) is 30.4 Å². The van der Waals surface area contributed by atoms with Gasteiger partial charge < -0.3 is 9.80 Å². The minimum Gasteiger partial charge on any atom is -0.357 e. The molecular weight excluding hydrogens is 404 g/mol. The van der Waals surface area contributed by atoms with E-state index in [1.807, 2.05) is 14.1 Å². The monoisotopic (exact) mass is 418 g/mol. The Kier molecular flexibility index (Phi) is 4.03. The number of sulfone groups is 1. The van der Waals surface area contributed by atoms with E-state index in [1.165, 1.54) is 27.6 Å². The van der Waals surface area contributed by atoms with Gasteiger partial charge in [-0.15, -0.1) is 27.8 Å². The molecule has 2 aromatic heterocycles. The summed E-state index contributed by atoms with van der Waals surface area (Å²) in [5, 5.41) is 8.90. The summed E-state index contributed by atoms with van der Waals surface area (Å²) in [5.74, 6) is 0. The SMILES string of the molecule is CN(C)CCN1CC2(N=NN2Cl)c2cc(S(=O)(=O)c3cncs3)sc21. The minimum absolute atomic E-state index is 0.235. The van der Waals surface area contributed by atoms with Gasteiger partial charge in [-0.2, -0.15) is 4.53 Å². The maximum atomic E-state index is 12.8. The summed E-state index contributed by atoms with van der Waals surface area (Å²) in [6, 6.07) is 1.68. The number of nitrogens with zero attached hydrogens (tertiary/aromatic N) is 6. The molecule has 0 aliphatic carbocycles. The van der Waals surface area contributed by atoms with Crippen molar-refractivity contribution in [1.82, 2.24) is 14.4 Å². The number of fused-ring (bicyclic) bond motifs is 2. The first-order valence-electron chi connectivity index (χ1n) is 7.41. The summed E-state index contributed by atoms with van der Waals surface area (Å²) < 4.78 is 27.5. The molecule has 134 valence electrons. The predicted octanol–water partition coefficient (Wildman–Crippen LogP) is 2.41. The number of anilines is 1. The number of hydrogen-bond donors (Lipinski definition) is 0. The van der Waals surface area contributed by atoms with E-state index in [0.29, 0.717) is 6.54 Å². The zero-order valence-electron chi connectivity index (χ0n) is 13.5. The van der Waals surface area contributed by atoms with E-state index in [2.05, 4.69) is 25.1 Å². The van der Waals surface area contributed by atoms with Crippen LogP contribution in [0.3, 0.4) is 0 Å². The molecule has 2 aromatic rings. The lowest BCUT2D eigenvalue weighted by Crippen LogP contribution is -2.46. The summed E-state index contributed by atoms with van der Waals surface area (Å²) in [5.41, 5.74) is 1.52. The molecule has 4 heterocycles. The Morgan fingerprint density at radius 2 is 2.20 bits per heavy atom. The third-order valence-corrected chi connectivity index (χ3v) is 9.21. The van der Waals surface area contributed by atoms with Crippen molar-refractivity contribution in [3.05, 3.63) is 23.3 Å². The second kappa shape index (κ2) is 5.88. The van der Waals surface area contributed by atoms with Gasteiger partial charge in [-0.25, -0.2) is 8.42 Å². The quantitative estimate of drug-likeness (QED) is 0.693. The molecule has 0 saturated heterocycles. The van der Waals surface area contributed by atoms with Crippen LogP contribution in [-0.2, 0) is 15.5 Å². The Balaban J connectivity index is 1.76. The lowest BCUT2D eigenvalue weighted by Gasteiger charge is -2.35. The predicted molar refractivity (Wildman–Crippen MR) is 96.9 cm³/mol. The Hall–Kier alpha value is -1.27. The first-order valence-corrected chi connectivity index (χ1v) is 10.9. The molecule has 1 atom stereocenters. The fourth-order valence-corrected chi connectivity index (χ4v) is 7.03. The molecule has 0 saturated carbocycles. The molecule has 0 amide bonds. The van der Waals surface area contributed by atoms with Crippen molar-refractivity contribution in [2.75, 3.05) is 38.6 Å². The first kappa shape index (κ1) is 17.2. The van der Waals surface area contributed by atoms with Crippen molar-refractivity contribution >= 4 is 49.3 Å². The van der Waals surface area contributed by atoms with E-state index < -0.39 is 15.5 Å². The third-order valence-electron chi connectivity index (χ3n) is 4.17. The summed E-state index contributed by atoms with van der Waals surface area (Å²) in [6.45, 7) is 2.15. The Morgan fingerprint density at radius 3 is 2.76 bits per heavy atom. The molecule has 0 radical (unpaired) electrons. The Bertz CT molecular complexity index is 926. The largest absolute Gasteiger partial charge is 0.357 e. The van der Waals surface area contributed by atoms with Crippen molar-refractivity contribution in [2.24, 2.45) is 10.3 Å². The van der Waals surface area contributed by atoms with Crippen molar-refractivity contribution in [2.45, 2.75) is 14.1 Å². The van der Waals surface area contributed by atoms with Crippen molar-refractivity contribution in [3.63, 3.8) is 0 Å². The van der Waals surface area contributed by atoms with E-state index in [1.54, 1.807) is 6.07 Å². The fraction of sp³-hybridized carbons (Fsp3) is 0.462. The number of rotatable bonds is 5. The molecule has 12 heteroatoms. The van der Waals surface area contributed by atoms with E-state index >= 15 is 0 Å². The molecule has 1 spiro atoms. The maximum Gasteiger partial charge on any atom is 0.233 e. The van der Waals surface area contributed by atoms with Gasteiger partial charge >= 0.3 is 0 Å². The second-order valence-electron chi connectivity index (χ2n) is 6.10. The van der Waals surface area contributed by atoms with E-state index in [9.17, 15) is 8.42 Å². The zero-order valence-corrected chi connectivity index (χ0v) is 16.7. The molecule has 0 fully saturated rings. The number of halogens is 1. The molecule has 8 nitrogen and oxygen atoms in total. The highest BCUT2D eigenvalue weighted by Gasteiger charge is 2.54. The molecule has 2 aliphatic rings. The molecule has 2 aliphatic heterocycles. The van der Waals surface area contributed by atoms with Crippen LogP contribution in [0.25, 0.3) is 0 Å². The maximum absolute atomic E-state index is 12.8. The average molecular weight is 419 g/mol. The first-order chi connectivity index (χ1) is 11.8. The van der Waals surface area contributed by atoms with E-state index in [4.69, 9.17) is 11.8 Å². The van der Waals surface area contributed by atoms with Gasteiger partial charge in [0.2, 0.25) is 15.5 Å². The van der Waals surface area contributed by atoms with Crippen molar-refractivity contribution < 1.29 is 8.42 Å². The molecular formula is C13H15ClN6O2S3. The smallest absolute Gasteiger partial charge is 0.233 e. The van der Waals surface area contributed by atoms with Gasteiger partial charge in [-0.1, -0.05) is 5.22 Å².